The van der Waals surface area contributed by atoms with Gasteiger partial charge in [0.15, 0.2) is 0 Å². The topological polar surface area (TPSA) is 59.7 Å². The monoisotopic (exact) mass is 476 g/mol. The first kappa shape index (κ1) is 24.9. The van der Waals surface area contributed by atoms with Crippen LogP contribution in [0, 0.1) is 6.92 Å². The van der Waals surface area contributed by atoms with E-state index >= 15 is 0 Å². The Kier molecular flexibility index (Phi) is 7.57. The highest BCUT2D eigenvalue weighted by molar-refractivity contribution is 5.87. The molecular weight excluding hydrogens is 440 g/mol. The summed E-state index contributed by atoms with van der Waals surface area (Å²) in [6.07, 6.45) is 0. The molecule has 0 N–H and O–H groups in total. The summed E-state index contributed by atoms with van der Waals surface area (Å²) >= 11 is 0. The third-order valence-corrected chi connectivity index (χ3v) is 7.13. The zero-order chi connectivity index (χ0) is 25.0. The van der Waals surface area contributed by atoms with Gasteiger partial charge in [0, 0.05) is 38.9 Å². The Hall–Kier alpha value is -3.16. The zero-order valence-electron chi connectivity index (χ0n) is 21.2. The number of hydrogen-bond donors (Lipinski definition) is 0. The lowest BCUT2D eigenvalue weighted by Crippen LogP contribution is -2.48. The van der Waals surface area contributed by atoms with Crippen LogP contribution in [0.15, 0.2) is 65.5 Å². The van der Waals surface area contributed by atoms with Crippen LogP contribution in [0.2, 0.25) is 0 Å². The van der Waals surface area contributed by atoms with Crippen LogP contribution in [-0.4, -0.2) is 64.5 Å². The van der Waals surface area contributed by atoms with Crippen molar-refractivity contribution >= 4 is 5.91 Å². The lowest BCUT2D eigenvalue weighted by atomic mass is 9.83. The summed E-state index contributed by atoms with van der Waals surface area (Å²) in [4.78, 5) is 31.7. The molecule has 2 heterocycles. The first-order valence-corrected chi connectivity index (χ1v) is 12.3. The van der Waals surface area contributed by atoms with Gasteiger partial charge in [0.1, 0.15) is 0 Å². The number of aromatic nitrogens is 2. The molecule has 7 nitrogen and oxygen atoms in total. The maximum atomic E-state index is 14.0. The van der Waals surface area contributed by atoms with E-state index in [1.807, 2.05) is 98.1 Å². The van der Waals surface area contributed by atoms with E-state index in [1.165, 1.54) is 0 Å². The fourth-order valence-corrected chi connectivity index (χ4v) is 4.71. The Balaban J connectivity index is 1.66. The number of para-hydroxylation sites is 1. The molecule has 1 amide bonds. The predicted molar refractivity (Wildman–Crippen MR) is 138 cm³/mol. The van der Waals surface area contributed by atoms with E-state index < -0.39 is 5.41 Å². The van der Waals surface area contributed by atoms with Crippen LogP contribution < -0.4 is 5.56 Å². The minimum Gasteiger partial charge on any atom is -0.379 e. The minimum absolute atomic E-state index is 0.0193. The summed E-state index contributed by atoms with van der Waals surface area (Å²) in [5.74, 6) is 0.0193. The van der Waals surface area contributed by atoms with Gasteiger partial charge >= 0.3 is 0 Å². The van der Waals surface area contributed by atoms with Gasteiger partial charge in [0.05, 0.1) is 36.4 Å². The normalized spacial score (nSPS) is 14.7. The molecule has 0 saturated carbocycles. The van der Waals surface area contributed by atoms with Crippen molar-refractivity contribution in [3.8, 4) is 5.69 Å². The highest BCUT2D eigenvalue weighted by Crippen LogP contribution is 2.26. The largest absolute Gasteiger partial charge is 0.379 e. The van der Waals surface area contributed by atoms with Gasteiger partial charge < -0.3 is 9.64 Å². The molecule has 1 aromatic heterocycles. The summed E-state index contributed by atoms with van der Waals surface area (Å²) in [6.45, 7) is 10.6. The van der Waals surface area contributed by atoms with Gasteiger partial charge in [-0.1, -0.05) is 48.5 Å². The number of carbonyl (C=O) groups excluding carboxylic acids is 1. The average molecular weight is 477 g/mol. The molecule has 0 spiro atoms. The lowest BCUT2D eigenvalue weighted by molar-refractivity contribution is -0.137. The predicted octanol–water partition coefficient (Wildman–Crippen LogP) is 3.12. The highest BCUT2D eigenvalue weighted by Gasteiger charge is 2.35. The molecule has 1 saturated heterocycles. The van der Waals surface area contributed by atoms with Crippen LogP contribution >= 0.6 is 0 Å². The van der Waals surface area contributed by atoms with Crippen LogP contribution in [0.4, 0.5) is 0 Å². The smallest absolute Gasteiger partial charge is 0.276 e. The molecule has 0 radical (unpaired) electrons. The van der Waals surface area contributed by atoms with Crippen LogP contribution in [0.1, 0.15) is 30.7 Å². The third kappa shape index (κ3) is 5.26. The second kappa shape index (κ2) is 10.6. The van der Waals surface area contributed by atoms with Gasteiger partial charge in [0.2, 0.25) is 5.91 Å². The standard InChI is InChI=1S/C28H36N4O3/c1-22-25(26(33)32(29(22)4)24-13-9-6-10-14-24)21-31(16-15-30-17-19-35-20-18-30)27(34)28(2,3)23-11-7-5-8-12-23/h5-14H,15-21H2,1-4H3. The van der Waals surface area contributed by atoms with Crippen LogP contribution in [0.3, 0.4) is 0 Å². The number of nitrogens with zero attached hydrogens (tertiary/aromatic N) is 4. The lowest BCUT2D eigenvalue weighted by Gasteiger charge is -2.34. The SMILES string of the molecule is Cc1c(CN(CCN2CCOCC2)C(=O)C(C)(C)c2ccccc2)c(=O)n(-c2ccccc2)n1C. The Bertz CT molecular complexity index is 1190. The fourth-order valence-electron chi connectivity index (χ4n) is 4.71. The van der Waals surface area contributed by atoms with Crippen LogP contribution in [-0.2, 0) is 28.5 Å². The molecule has 1 aliphatic heterocycles. The first-order chi connectivity index (χ1) is 16.8. The Morgan fingerprint density at radius 2 is 1.60 bits per heavy atom. The van der Waals surface area contributed by atoms with Crippen molar-refractivity contribution < 1.29 is 9.53 Å². The number of amides is 1. The molecule has 0 bridgehead atoms. The molecule has 35 heavy (non-hydrogen) atoms. The first-order valence-electron chi connectivity index (χ1n) is 12.3. The van der Waals surface area contributed by atoms with Gasteiger partial charge in [0.25, 0.3) is 5.56 Å². The summed E-state index contributed by atoms with van der Waals surface area (Å²) in [6, 6.07) is 19.5. The van der Waals surface area contributed by atoms with Crippen molar-refractivity contribution in [2.45, 2.75) is 32.7 Å². The number of hydrogen-bond acceptors (Lipinski definition) is 4. The average Bonchev–Trinajstić information content (AvgIpc) is 3.10. The van der Waals surface area contributed by atoms with E-state index in [0.29, 0.717) is 25.3 Å². The minimum atomic E-state index is -0.715. The summed E-state index contributed by atoms with van der Waals surface area (Å²) in [5.41, 5.74) is 2.49. The second-order valence-electron chi connectivity index (χ2n) is 9.71. The molecule has 4 rings (SSSR count). The van der Waals surface area contributed by atoms with Gasteiger partial charge in [-0.25, -0.2) is 4.68 Å². The van der Waals surface area contributed by atoms with Crippen LogP contribution in [0.25, 0.3) is 5.69 Å². The summed E-state index contributed by atoms with van der Waals surface area (Å²) < 4.78 is 9.04. The number of carbonyl (C=O) groups is 1. The van der Waals surface area contributed by atoms with E-state index in [9.17, 15) is 9.59 Å². The summed E-state index contributed by atoms with van der Waals surface area (Å²) in [7, 11) is 1.89. The van der Waals surface area contributed by atoms with Gasteiger partial charge in [-0.2, -0.15) is 0 Å². The van der Waals surface area contributed by atoms with Crippen molar-refractivity contribution in [3.05, 3.63) is 87.8 Å². The number of morpholine rings is 1. The van der Waals surface area contributed by atoms with E-state index in [4.69, 9.17) is 4.74 Å². The fraction of sp³-hybridized carbons (Fsp3) is 0.429. The van der Waals surface area contributed by atoms with Gasteiger partial charge in [-0.15, -0.1) is 0 Å². The number of benzene rings is 2. The summed E-state index contributed by atoms with van der Waals surface area (Å²) in [5, 5.41) is 0. The molecule has 0 atom stereocenters. The zero-order valence-corrected chi connectivity index (χ0v) is 21.2. The van der Waals surface area contributed by atoms with E-state index in [1.54, 1.807) is 4.68 Å². The molecule has 186 valence electrons. The van der Waals surface area contributed by atoms with Crippen molar-refractivity contribution in [3.63, 3.8) is 0 Å². The highest BCUT2D eigenvalue weighted by atomic mass is 16.5. The van der Waals surface area contributed by atoms with Crippen molar-refractivity contribution in [2.75, 3.05) is 39.4 Å². The van der Waals surface area contributed by atoms with Gasteiger partial charge in [-0.05, 0) is 38.5 Å². The molecule has 0 aliphatic carbocycles. The van der Waals surface area contributed by atoms with Crippen molar-refractivity contribution in [1.29, 1.82) is 0 Å². The second-order valence-corrected chi connectivity index (χ2v) is 9.71. The van der Waals surface area contributed by atoms with E-state index in [2.05, 4.69) is 4.90 Å². The maximum absolute atomic E-state index is 14.0. The van der Waals surface area contributed by atoms with Crippen molar-refractivity contribution in [2.24, 2.45) is 7.05 Å². The molecule has 3 aromatic rings. The molecule has 1 fully saturated rings. The molecule has 0 unspecified atom stereocenters. The Labute approximate surface area is 207 Å². The quantitative estimate of drug-likeness (QED) is 0.501. The number of ether oxygens (including phenoxy) is 1. The van der Waals surface area contributed by atoms with Crippen molar-refractivity contribution in [1.82, 2.24) is 19.2 Å². The van der Waals surface area contributed by atoms with E-state index in [0.717, 1.165) is 36.6 Å². The molecule has 1 aliphatic rings. The van der Waals surface area contributed by atoms with Gasteiger partial charge in [-0.3, -0.25) is 19.2 Å². The third-order valence-electron chi connectivity index (χ3n) is 7.13. The number of rotatable bonds is 8. The maximum Gasteiger partial charge on any atom is 0.276 e. The van der Waals surface area contributed by atoms with E-state index in [-0.39, 0.29) is 18.0 Å². The molecular formula is C28H36N4O3. The Morgan fingerprint density at radius 3 is 2.23 bits per heavy atom. The van der Waals surface area contributed by atoms with Crippen LogP contribution in [0.5, 0.6) is 0 Å². The molecule has 7 heteroatoms. The molecule has 2 aromatic carbocycles. The Morgan fingerprint density at radius 1 is 1.00 bits per heavy atom.